The van der Waals surface area contributed by atoms with Crippen molar-refractivity contribution in [2.24, 2.45) is 5.92 Å². The van der Waals surface area contributed by atoms with E-state index < -0.39 is 86.6 Å². The molecule has 0 saturated heterocycles. The van der Waals surface area contributed by atoms with Gasteiger partial charge < -0.3 is 5.32 Å². The summed E-state index contributed by atoms with van der Waals surface area (Å²) in [6, 6.07) is 4.28. The second kappa shape index (κ2) is 10.3. The zero-order valence-electron chi connectivity index (χ0n) is 18.2. The molecule has 0 heterocycles. The summed E-state index contributed by atoms with van der Waals surface area (Å²) in [6.45, 7) is 0. The van der Waals surface area contributed by atoms with Gasteiger partial charge in [0.05, 0.1) is 21.5 Å². The summed E-state index contributed by atoms with van der Waals surface area (Å²) in [5.41, 5.74) is -3.17. The lowest BCUT2D eigenvalue weighted by atomic mass is 10.00. The highest BCUT2D eigenvalue weighted by atomic mass is 35.5. The normalized spacial score (nSPS) is 19.3. The maximum absolute atomic E-state index is 13.5. The van der Waals surface area contributed by atoms with Crippen LogP contribution < -0.4 is 5.32 Å². The first kappa shape index (κ1) is 30.6. The SMILES string of the molecule is O=C(CCC(F)(F)C(F)(F)F)c1cc(NC(=O)C2C(c3ccc(F)c(Cl)c3)C2(Cl)Cl)cc(C(F)(F)F)c1Cl. The number of Topliss-reactive ketones (excluding diaryl/α,β-unsaturated/α-hetero) is 1. The summed E-state index contributed by atoms with van der Waals surface area (Å²) in [5, 5.41) is 0.488. The van der Waals surface area contributed by atoms with Crippen LogP contribution in [0.25, 0.3) is 0 Å². The molecule has 1 N–H and O–H groups in total. The van der Waals surface area contributed by atoms with Crippen molar-refractivity contribution >= 4 is 63.8 Å². The zero-order chi connectivity index (χ0) is 29.0. The van der Waals surface area contributed by atoms with Crippen LogP contribution in [0.5, 0.6) is 0 Å². The van der Waals surface area contributed by atoms with Crippen molar-refractivity contribution < 1.29 is 49.1 Å². The molecule has 3 nitrogen and oxygen atoms in total. The number of anilines is 1. The molecule has 1 fully saturated rings. The molecule has 0 bridgehead atoms. The van der Waals surface area contributed by atoms with Crippen LogP contribution in [-0.2, 0) is 11.0 Å². The average Bonchev–Trinajstić information content (AvgIpc) is 3.35. The van der Waals surface area contributed by atoms with Gasteiger partial charge in [-0.15, -0.1) is 23.2 Å². The third-order valence-corrected chi connectivity index (χ3v) is 7.30. The molecule has 16 heteroatoms. The number of hydrogen-bond donors (Lipinski definition) is 1. The molecular weight excluding hydrogens is 623 g/mol. The zero-order valence-corrected chi connectivity index (χ0v) is 21.2. The number of ketones is 1. The molecule has 38 heavy (non-hydrogen) atoms. The van der Waals surface area contributed by atoms with E-state index in [0.717, 1.165) is 12.1 Å². The largest absolute Gasteiger partial charge is 0.453 e. The van der Waals surface area contributed by atoms with Gasteiger partial charge in [-0.1, -0.05) is 29.3 Å². The van der Waals surface area contributed by atoms with E-state index in [-0.39, 0.29) is 10.6 Å². The number of hydrogen-bond acceptors (Lipinski definition) is 2. The fourth-order valence-electron chi connectivity index (χ4n) is 3.65. The number of alkyl halides is 10. The predicted molar refractivity (Wildman–Crippen MR) is 122 cm³/mol. The van der Waals surface area contributed by atoms with E-state index in [0.29, 0.717) is 12.1 Å². The monoisotopic (exact) mass is 633 g/mol. The van der Waals surface area contributed by atoms with Gasteiger partial charge in [-0.05, 0) is 29.8 Å². The van der Waals surface area contributed by atoms with Crippen LogP contribution in [0.3, 0.4) is 0 Å². The quantitative estimate of drug-likeness (QED) is 0.188. The number of benzene rings is 2. The van der Waals surface area contributed by atoms with Gasteiger partial charge in [-0.3, -0.25) is 9.59 Å². The molecule has 0 spiro atoms. The van der Waals surface area contributed by atoms with Gasteiger partial charge in [-0.25, -0.2) is 4.39 Å². The smallest absolute Gasteiger partial charge is 0.326 e. The van der Waals surface area contributed by atoms with Crippen molar-refractivity contribution in [1.29, 1.82) is 0 Å². The van der Waals surface area contributed by atoms with Gasteiger partial charge in [0.2, 0.25) is 5.91 Å². The van der Waals surface area contributed by atoms with Gasteiger partial charge in [0.15, 0.2) is 5.78 Å². The second-order valence-corrected chi connectivity index (χ2v) is 10.5. The Bertz CT molecular complexity index is 1280. The minimum atomic E-state index is -5.99. The fourth-order valence-corrected chi connectivity index (χ4v) is 4.99. The van der Waals surface area contributed by atoms with Crippen molar-refractivity contribution in [3.05, 3.63) is 62.9 Å². The highest BCUT2D eigenvalue weighted by molar-refractivity contribution is 6.53. The molecule has 2 aromatic rings. The Morgan fingerprint density at radius 3 is 2.08 bits per heavy atom. The lowest BCUT2D eigenvalue weighted by Crippen LogP contribution is -2.36. The van der Waals surface area contributed by atoms with Crippen molar-refractivity contribution in [3.8, 4) is 0 Å². The molecular formula is C22H12Cl4F9NO2. The van der Waals surface area contributed by atoms with Crippen LogP contribution in [0.4, 0.5) is 45.2 Å². The Kier molecular flexibility index (Phi) is 8.27. The minimum absolute atomic E-state index is 0.232. The van der Waals surface area contributed by atoms with Gasteiger partial charge in [0.25, 0.3) is 0 Å². The molecule has 1 aliphatic carbocycles. The molecule has 2 unspecified atom stereocenters. The van der Waals surface area contributed by atoms with Crippen LogP contribution >= 0.6 is 46.4 Å². The van der Waals surface area contributed by atoms with Crippen molar-refractivity contribution in [1.82, 2.24) is 0 Å². The van der Waals surface area contributed by atoms with E-state index in [2.05, 4.69) is 5.32 Å². The van der Waals surface area contributed by atoms with Crippen molar-refractivity contribution in [2.75, 3.05) is 5.32 Å². The number of rotatable bonds is 7. The van der Waals surface area contributed by atoms with Crippen LogP contribution in [0.2, 0.25) is 10.0 Å². The molecule has 2 aromatic carbocycles. The minimum Gasteiger partial charge on any atom is -0.326 e. The molecule has 0 radical (unpaired) electrons. The van der Waals surface area contributed by atoms with Crippen LogP contribution in [0.15, 0.2) is 30.3 Å². The maximum Gasteiger partial charge on any atom is 0.453 e. The van der Waals surface area contributed by atoms with Crippen LogP contribution in [-0.4, -0.2) is 28.1 Å². The molecule has 208 valence electrons. The Morgan fingerprint density at radius 2 is 1.55 bits per heavy atom. The van der Waals surface area contributed by atoms with E-state index in [4.69, 9.17) is 46.4 Å². The standard InChI is InChI=1S/C22H12Cl4F9NO2/c23-12-5-8(1-2-13(12)27)15-16(20(15,25)26)18(38)36-9-6-10(17(24)11(7-9)21(30,31)32)14(37)3-4-19(28,29)22(33,34)35/h1-2,5-7,15-16H,3-4H2,(H,36,38). The molecule has 2 atom stereocenters. The first-order valence-corrected chi connectivity index (χ1v) is 11.7. The molecule has 1 amide bonds. The Balaban J connectivity index is 1.90. The summed E-state index contributed by atoms with van der Waals surface area (Å²) in [4.78, 5) is 25.2. The van der Waals surface area contributed by atoms with E-state index in [1.165, 1.54) is 6.07 Å². The highest BCUT2D eigenvalue weighted by Crippen LogP contribution is 2.65. The van der Waals surface area contributed by atoms with Crippen LogP contribution in [0.1, 0.15) is 40.2 Å². The number of carbonyl (C=O) groups excluding carboxylic acids is 2. The molecule has 0 aliphatic heterocycles. The average molecular weight is 635 g/mol. The lowest BCUT2D eigenvalue weighted by molar-refractivity contribution is -0.283. The lowest BCUT2D eigenvalue weighted by Gasteiger charge is -2.19. The third kappa shape index (κ3) is 6.13. The Morgan fingerprint density at radius 1 is 0.947 bits per heavy atom. The summed E-state index contributed by atoms with van der Waals surface area (Å²) in [7, 11) is 0. The van der Waals surface area contributed by atoms with E-state index in [1.54, 1.807) is 0 Å². The Labute approximate surface area is 228 Å². The fraction of sp³-hybridized carbons (Fsp3) is 0.364. The number of halogens is 13. The van der Waals surface area contributed by atoms with Gasteiger partial charge >= 0.3 is 18.3 Å². The Hall–Kier alpha value is -1.89. The van der Waals surface area contributed by atoms with Gasteiger partial charge in [0.1, 0.15) is 10.2 Å². The third-order valence-electron chi connectivity index (χ3n) is 5.67. The van der Waals surface area contributed by atoms with Crippen molar-refractivity contribution in [2.45, 2.75) is 41.4 Å². The summed E-state index contributed by atoms with van der Waals surface area (Å²) in [6.07, 6.45) is -14.8. The number of amides is 1. The summed E-state index contributed by atoms with van der Waals surface area (Å²) < 4.78 is 116. The molecule has 0 aromatic heterocycles. The van der Waals surface area contributed by atoms with E-state index in [1.807, 2.05) is 0 Å². The van der Waals surface area contributed by atoms with Gasteiger partial charge in [-0.2, -0.15) is 35.1 Å². The first-order chi connectivity index (χ1) is 17.2. The van der Waals surface area contributed by atoms with Crippen LogP contribution in [0, 0.1) is 11.7 Å². The predicted octanol–water partition coefficient (Wildman–Crippen LogP) is 8.84. The van der Waals surface area contributed by atoms with E-state index >= 15 is 0 Å². The molecule has 1 aliphatic rings. The molecule has 3 rings (SSSR count). The van der Waals surface area contributed by atoms with Crippen molar-refractivity contribution in [3.63, 3.8) is 0 Å². The first-order valence-electron chi connectivity index (χ1n) is 10.2. The number of carbonyl (C=O) groups is 2. The molecule has 1 saturated carbocycles. The summed E-state index contributed by atoms with van der Waals surface area (Å²) >= 11 is 23.6. The van der Waals surface area contributed by atoms with Gasteiger partial charge in [0, 0.05) is 30.0 Å². The second-order valence-electron chi connectivity index (χ2n) is 8.30. The van der Waals surface area contributed by atoms with E-state index in [9.17, 15) is 49.1 Å². The number of nitrogens with one attached hydrogen (secondary N) is 1. The highest BCUT2D eigenvalue weighted by Gasteiger charge is 2.67. The topological polar surface area (TPSA) is 46.2 Å². The maximum atomic E-state index is 13.5. The summed E-state index contributed by atoms with van der Waals surface area (Å²) in [5.74, 6) is -10.9.